The van der Waals surface area contributed by atoms with Crippen LogP contribution in [0.25, 0.3) is 0 Å². The first-order valence-electron chi connectivity index (χ1n) is 13.5. The number of hydrogen-bond acceptors (Lipinski definition) is 5. The molecule has 3 heterocycles. The Morgan fingerprint density at radius 3 is 2.68 bits per heavy atom. The molecule has 4 aliphatic rings. The fourth-order valence-corrected chi connectivity index (χ4v) is 6.79. The third-order valence-electron chi connectivity index (χ3n) is 9.27. The average molecular weight is 510 g/mol. The van der Waals surface area contributed by atoms with Gasteiger partial charge in [-0.05, 0) is 55.4 Å². The molecule has 0 aromatic heterocycles. The quantitative estimate of drug-likeness (QED) is 0.551. The molecule has 0 unspecified atom stereocenters. The number of nitrogens with zero attached hydrogens (tertiary/aromatic N) is 1. The molecule has 1 aromatic carbocycles. The van der Waals surface area contributed by atoms with Crippen LogP contribution in [0.15, 0.2) is 30.4 Å². The van der Waals surface area contributed by atoms with Gasteiger partial charge in [0.1, 0.15) is 11.6 Å². The molecule has 3 amide bonds. The predicted octanol–water partition coefficient (Wildman–Crippen LogP) is 2.98. The van der Waals surface area contributed by atoms with E-state index in [1.165, 1.54) is 0 Å². The molecular formula is C29H39N3O5. The van der Waals surface area contributed by atoms with Gasteiger partial charge in [0, 0.05) is 25.4 Å². The van der Waals surface area contributed by atoms with E-state index in [2.05, 4.69) is 24.5 Å². The van der Waals surface area contributed by atoms with Gasteiger partial charge in [-0.15, -0.1) is 0 Å². The van der Waals surface area contributed by atoms with Crippen LogP contribution in [0.3, 0.4) is 0 Å². The number of methoxy groups -OCH3 is 1. The third-order valence-corrected chi connectivity index (χ3v) is 9.27. The Labute approximate surface area is 219 Å². The number of amides is 3. The van der Waals surface area contributed by atoms with Crippen molar-refractivity contribution >= 4 is 23.4 Å². The highest BCUT2D eigenvalue weighted by atomic mass is 16.5. The summed E-state index contributed by atoms with van der Waals surface area (Å²) >= 11 is 0. The Hall–Kier alpha value is -2.71. The molecule has 3 fully saturated rings. The van der Waals surface area contributed by atoms with Crippen LogP contribution in [0, 0.1) is 37.5 Å². The van der Waals surface area contributed by atoms with Crippen LogP contribution in [0.4, 0.5) is 5.69 Å². The summed E-state index contributed by atoms with van der Waals surface area (Å²) in [7, 11) is 1.57. The Kier molecular flexibility index (Phi) is 6.92. The van der Waals surface area contributed by atoms with Gasteiger partial charge in [0.25, 0.3) is 0 Å². The van der Waals surface area contributed by atoms with Crippen molar-refractivity contribution in [1.29, 1.82) is 0 Å². The van der Waals surface area contributed by atoms with E-state index in [9.17, 15) is 14.4 Å². The largest absolute Gasteiger partial charge is 0.383 e. The summed E-state index contributed by atoms with van der Waals surface area (Å²) in [6.45, 7) is 8.98. The number of benzene rings is 1. The van der Waals surface area contributed by atoms with Gasteiger partial charge in [-0.1, -0.05) is 44.9 Å². The molecule has 2 saturated heterocycles. The molecule has 37 heavy (non-hydrogen) atoms. The summed E-state index contributed by atoms with van der Waals surface area (Å²) < 4.78 is 11.7. The van der Waals surface area contributed by atoms with Crippen LogP contribution in [-0.2, 0) is 23.9 Å². The maximum atomic E-state index is 13.9. The number of nitrogens with one attached hydrogen (secondary N) is 2. The van der Waals surface area contributed by atoms with E-state index in [0.717, 1.165) is 30.4 Å². The molecule has 8 nitrogen and oxygen atoms in total. The first-order chi connectivity index (χ1) is 17.7. The zero-order chi connectivity index (χ0) is 26.5. The molecular weight excluding hydrogens is 470 g/mol. The van der Waals surface area contributed by atoms with Gasteiger partial charge in [-0.3, -0.25) is 14.4 Å². The molecule has 200 valence electrons. The van der Waals surface area contributed by atoms with Crippen LogP contribution in [-0.4, -0.2) is 66.7 Å². The minimum atomic E-state index is -1.16. The summed E-state index contributed by atoms with van der Waals surface area (Å²) in [6, 6.07) is 4.97. The van der Waals surface area contributed by atoms with Gasteiger partial charge in [0.2, 0.25) is 17.7 Å². The maximum absolute atomic E-state index is 13.9. The predicted molar refractivity (Wildman–Crippen MR) is 140 cm³/mol. The number of rotatable bonds is 7. The first kappa shape index (κ1) is 25.9. The molecule has 1 aliphatic carbocycles. The summed E-state index contributed by atoms with van der Waals surface area (Å²) in [4.78, 5) is 42.9. The molecule has 3 aliphatic heterocycles. The van der Waals surface area contributed by atoms with Crippen molar-refractivity contribution in [3.63, 3.8) is 0 Å². The topological polar surface area (TPSA) is 97.0 Å². The number of fused-ring (bicyclic) bond motifs is 1. The van der Waals surface area contributed by atoms with Crippen molar-refractivity contribution in [1.82, 2.24) is 10.2 Å². The van der Waals surface area contributed by atoms with E-state index < -0.39 is 29.6 Å². The second kappa shape index (κ2) is 9.87. The van der Waals surface area contributed by atoms with Crippen LogP contribution in [0.5, 0.6) is 0 Å². The highest BCUT2D eigenvalue weighted by molar-refractivity contribution is 6.02. The fourth-order valence-electron chi connectivity index (χ4n) is 6.79. The minimum absolute atomic E-state index is 0.0533. The summed E-state index contributed by atoms with van der Waals surface area (Å²) in [6.07, 6.45) is 6.30. The number of ether oxygens (including phenoxy) is 2. The zero-order valence-corrected chi connectivity index (χ0v) is 22.5. The molecule has 1 saturated carbocycles. The van der Waals surface area contributed by atoms with Crippen molar-refractivity contribution < 1.29 is 23.9 Å². The van der Waals surface area contributed by atoms with Gasteiger partial charge < -0.3 is 25.0 Å². The van der Waals surface area contributed by atoms with Gasteiger partial charge in [-0.25, -0.2) is 0 Å². The van der Waals surface area contributed by atoms with E-state index >= 15 is 0 Å². The van der Waals surface area contributed by atoms with E-state index in [-0.39, 0.29) is 30.3 Å². The lowest BCUT2D eigenvalue weighted by molar-refractivity contribution is -0.142. The lowest BCUT2D eigenvalue weighted by atomic mass is 9.73. The maximum Gasteiger partial charge on any atom is 0.246 e. The van der Waals surface area contributed by atoms with Crippen molar-refractivity contribution in [3.8, 4) is 0 Å². The molecule has 5 rings (SSSR count). The van der Waals surface area contributed by atoms with E-state index in [1.807, 2.05) is 44.2 Å². The van der Waals surface area contributed by atoms with Crippen molar-refractivity contribution in [2.45, 2.75) is 70.7 Å². The van der Waals surface area contributed by atoms with Crippen molar-refractivity contribution in [3.05, 3.63) is 41.5 Å². The van der Waals surface area contributed by atoms with Crippen LogP contribution in [0.1, 0.15) is 44.2 Å². The monoisotopic (exact) mass is 509 g/mol. The molecule has 0 radical (unpaired) electrons. The highest BCUT2D eigenvalue weighted by Gasteiger charge is 2.72. The van der Waals surface area contributed by atoms with E-state index in [0.29, 0.717) is 24.1 Å². The molecule has 8 atom stereocenters. The third kappa shape index (κ3) is 4.28. The molecule has 8 heteroatoms. The summed E-state index contributed by atoms with van der Waals surface area (Å²) in [5.41, 5.74) is 1.74. The number of anilines is 1. The number of carbonyl (C=O) groups is 3. The Balaban J connectivity index is 1.42. The molecule has 1 spiro atoms. The summed E-state index contributed by atoms with van der Waals surface area (Å²) in [5, 5.41) is 6.26. The van der Waals surface area contributed by atoms with Gasteiger partial charge >= 0.3 is 0 Å². The van der Waals surface area contributed by atoms with Gasteiger partial charge in [0.05, 0.1) is 24.5 Å². The Morgan fingerprint density at radius 1 is 1.16 bits per heavy atom. The second-order valence-corrected chi connectivity index (χ2v) is 11.4. The Bertz CT molecular complexity index is 1120. The molecule has 2 bridgehead atoms. The number of likely N-dealkylation sites (tertiary alicyclic amines) is 1. The van der Waals surface area contributed by atoms with Crippen molar-refractivity contribution in [2.75, 3.05) is 25.6 Å². The SMILES string of the molecule is COCCN1C(=O)[C@H]2[C@H](C(=O)Nc3ccc(C)c(C)c3)[C@H]3C=C[C@@]2(O3)[C@@H]1C(=O)N[C@@H]1CCC[C@@H](C)[C@H]1C. The van der Waals surface area contributed by atoms with E-state index in [1.54, 1.807) is 12.0 Å². The molecule has 1 aromatic rings. The average Bonchev–Trinajstić information content (AvgIpc) is 3.50. The lowest BCUT2D eigenvalue weighted by Crippen LogP contribution is -2.58. The van der Waals surface area contributed by atoms with E-state index in [4.69, 9.17) is 9.47 Å². The highest BCUT2D eigenvalue weighted by Crippen LogP contribution is 2.55. The van der Waals surface area contributed by atoms with Crippen LogP contribution >= 0.6 is 0 Å². The normalized spacial score (nSPS) is 36.1. The van der Waals surface area contributed by atoms with Crippen molar-refractivity contribution in [2.24, 2.45) is 23.7 Å². The van der Waals surface area contributed by atoms with Crippen LogP contribution < -0.4 is 10.6 Å². The van der Waals surface area contributed by atoms with Gasteiger partial charge in [-0.2, -0.15) is 0 Å². The number of carbonyl (C=O) groups excluding carboxylic acids is 3. The lowest BCUT2D eigenvalue weighted by Gasteiger charge is -2.38. The summed E-state index contributed by atoms with van der Waals surface area (Å²) in [5.74, 6) is -1.30. The standard InChI is InChI=1S/C29H39N3O5/c1-16-9-10-20(15-18(16)3)30-26(33)23-22-11-12-29(37-22)24(23)28(35)32(13-14-36-5)25(29)27(34)31-21-8-6-7-17(2)19(21)4/h9-12,15,17,19,21-25H,6-8,13-14H2,1-5H3,(H,30,33)(H,31,34)/t17-,19-,21-,22-,23-,24-,25+,29+/m1/s1. The van der Waals surface area contributed by atoms with Gasteiger partial charge in [0.15, 0.2) is 0 Å². The Morgan fingerprint density at radius 2 is 1.95 bits per heavy atom. The smallest absolute Gasteiger partial charge is 0.246 e. The molecule has 2 N–H and O–H groups in total. The number of aryl methyl sites for hydroxylation is 2. The second-order valence-electron chi connectivity index (χ2n) is 11.4. The number of hydrogen-bond donors (Lipinski definition) is 2. The van der Waals surface area contributed by atoms with Crippen LogP contribution in [0.2, 0.25) is 0 Å². The fraction of sp³-hybridized carbons (Fsp3) is 0.621. The zero-order valence-electron chi connectivity index (χ0n) is 22.5. The minimum Gasteiger partial charge on any atom is -0.383 e. The first-order valence-corrected chi connectivity index (χ1v) is 13.5.